The van der Waals surface area contributed by atoms with Crippen molar-refractivity contribution in [2.45, 2.75) is 91.4 Å². The predicted molar refractivity (Wildman–Crippen MR) is 283 cm³/mol. The molecule has 0 saturated carbocycles. The van der Waals surface area contributed by atoms with Gasteiger partial charge in [0.25, 0.3) is 0 Å². The number of aryl methyl sites for hydroxylation is 2. The van der Waals surface area contributed by atoms with Gasteiger partial charge in [-0.05, 0) is 147 Å². The lowest BCUT2D eigenvalue weighted by atomic mass is 9.43. The number of ether oxygens (including phenoxy) is 2. The van der Waals surface area contributed by atoms with Gasteiger partial charge in [-0.25, -0.2) is 0 Å². The molecule has 6 heteroatoms. The quantitative estimate of drug-likeness (QED) is 0.165. The van der Waals surface area contributed by atoms with Crippen LogP contribution in [0.15, 0.2) is 150 Å². The van der Waals surface area contributed by atoms with E-state index in [1.54, 1.807) is 0 Å². The Morgan fingerprint density at radius 1 is 0.544 bits per heavy atom. The van der Waals surface area contributed by atoms with Crippen LogP contribution in [0.4, 0.5) is 28.4 Å². The molecule has 8 aromatic carbocycles. The van der Waals surface area contributed by atoms with Gasteiger partial charge in [-0.1, -0.05) is 133 Å². The second kappa shape index (κ2) is 14.2. The number of anilines is 5. The number of benzene rings is 8. The molecule has 0 atom stereocenters. The first kappa shape index (κ1) is 41.0. The Bertz CT molecular complexity index is 3610. The van der Waals surface area contributed by atoms with Crippen molar-refractivity contribution in [3.63, 3.8) is 0 Å². The number of hydrogen-bond donors (Lipinski definition) is 0. The third-order valence-corrected chi connectivity index (χ3v) is 15.7. The zero-order valence-corrected chi connectivity index (χ0v) is 40.5. The van der Waals surface area contributed by atoms with E-state index >= 15 is 0 Å². The van der Waals surface area contributed by atoms with E-state index in [0.717, 1.165) is 68.4 Å². The number of furan rings is 1. The normalized spacial score (nSPS) is 16.0. The van der Waals surface area contributed by atoms with Crippen molar-refractivity contribution in [2.24, 2.45) is 0 Å². The lowest BCUT2D eigenvalue weighted by molar-refractivity contribution is 0.332. The van der Waals surface area contributed by atoms with E-state index in [0.29, 0.717) is 23.0 Å². The molecule has 4 aliphatic rings. The SMILES string of the molecule is Cc1cc2c3c(c1)N(c1cc4c(cc1C)C(C)(C)CCC4(C)C)c1cc4c(cc1B3N(c1ccc(C(C)(C)C)cc1-c1ccccc1)c1c-2ccc2c1oc1ccccc12)Oc1ccccc1O4. The number of hydrogen-bond acceptors (Lipinski definition) is 5. The maximum atomic E-state index is 7.13. The van der Waals surface area contributed by atoms with E-state index in [1.165, 1.54) is 55.8 Å². The highest BCUT2D eigenvalue weighted by atomic mass is 16.6. The van der Waals surface area contributed by atoms with Gasteiger partial charge in [-0.15, -0.1) is 0 Å². The van der Waals surface area contributed by atoms with Crippen LogP contribution in [0.2, 0.25) is 0 Å². The van der Waals surface area contributed by atoms with E-state index in [2.05, 4.69) is 193 Å². The zero-order valence-electron chi connectivity index (χ0n) is 40.5. The average molecular weight is 887 g/mol. The minimum absolute atomic E-state index is 0.0117. The van der Waals surface area contributed by atoms with Gasteiger partial charge in [0.05, 0.1) is 5.69 Å². The molecule has 3 aliphatic heterocycles. The summed E-state index contributed by atoms with van der Waals surface area (Å²) >= 11 is 0. The highest BCUT2D eigenvalue weighted by Gasteiger charge is 2.49. The van der Waals surface area contributed by atoms with Gasteiger partial charge in [0.15, 0.2) is 28.6 Å². The minimum atomic E-state index is -0.305. The monoisotopic (exact) mass is 886 g/mol. The van der Waals surface area contributed by atoms with Gasteiger partial charge in [0.1, 0.15) is 5.58 Å². The van der Waals surface area contributed by atoms with Gasteiger partial charge in [-0.2, -0.15) is 0 Å². The number of rotatable bonds is 3. The van der Waals surface area contributed by atoms with Gasteiger partial charge >= 0.3 is 6.85 Å². The summed E-state index contributed by atoms with van der Waals surface area (Å²) in [4.78, 5) is 5.17. The molecule has 5 nitrogen and oxygen atoms in total. The van der Waals surface area contributed by atoms with E-state index in [1.807, 2.05) is 24.3 Å². The molecule has 0 radical (unpaired) electrons. The molecule has 0 fully saturated rings. The molecule has 68 heavy (non-hydrogen) atoms. The van der Waals surface area contributed by atoms with Crippen LogP contribution in [0.25, 0.3) is 44.2 Å². The summed E-state index contributed by atoms with van der Waals surface area (Å²) < 4.78 is 20.8. The standard InChI is InChI=1S/C62H55BN2O3/c1-36-29-44-41-24-25-42-40-19-13-14-20-52(40)68-59(42)58(41)65(48-26-23-39(60(3,4)5)32-43(48)38-17-11-10-12-18-38)63-47-34-55-56(67-54-22-16-15-21-53(54)66-55)35-50(47)64(51(30-36)57(44)63)49-33-46-45(31-37(49)2)61(6,7)27-28-62(46,8)9/h10-26,29-35H,27-28H2,1-9H3. The van der Waals surface area contributed by atoms with Crippen LogP contribution < -0.4 is 30.1 Å². The molecule has 0 N–H and O–H groups in total. The van der Waals surface area contributed by atoms with Crippen molar-refractivity contribution in [2.75, 3.05) is 9.71 Å². The molecule has 4 heterocycles. The zero-order chi connectivity index (χ0) is 46.6. The van der Waals surface area contributed by atoms with E-state index in [-0.39, 0.29) is 23.1 Å². The molecular weight excluding hydrogens is 832 g/mol. The highest BCUT2D eigenvalue weighted by molar-refractivity contribution is 6.94. The van der Waals surface area contributed by atoms with Gasteiger partial charge in [0, 0.05) is 50.7 Å². The van der Waals surface area contributed by atoms with Crippen LogP contribution in [0.3, 0.4) is 0 Å². The molecule has 1 aromatic heterocycles. The fourth-order valence-electron chi connectivity index (χ4n) is 11.9. The average Bonchev–Trinajstić information content (AvgIpc) is 3.71. The first-order chi connectivity index (χ1) is 32.6. The Kier molecular flexibility index (Phi) is 8.56. The van der Waals surface area contributed by atoms with Crippen LogP contribution in [0, 0.1) is 13.8 Å². The van der Waals surface area contributed by atoms with Crippen LogP contribution in [0.5, 0.6) is 23.0 Å². The van der Waals surface area contributed by atoms with E-state index < -0.39 is 0 Å². The Labute approximate surface area is 400 Å². The van der Waals surface area contributed by atoms with Gasteiger partial charge in [-0.3, -0.25) is 0 Å². The van der Waals surface area contributed by atoms with E-state index in [9.17, 15) is 0 Å². The summed E-state index contributed by atoms with van der Waals surface area (Å²) in [5.41, 5.74) is 21.0. The Morgan fingerprint density at radius 2 is 1.22 bits per heavy atom. The number of fused-ring (bicyclic) bond motifs is 11. The summed E-state index contributed by atoms with van der Waals surface area (Å²) in [5, 5.41) is 2.20. The first-order valence-electron chi connectivity index (χ1n) is 24.3. The second-order valence-electron chi connectivity index (χ2n) is 22.1. The molecular formula is C62H55BN2O3. The lowest BCUT2D eigenvalue weighted by Gasteiger charge is -2.47. The smallest absolute Gasteiger partial charge is 0.333 e. The Hall–Kier alpha value is -7.18. The summed E-state index contributed by atoms with van der Waals surface area (Å²) in [5.74, 6) is 2.81. The predicted octanol–water partition coefficient (Wildman–Crippen LogP) is 16.1. The maximum Gasteiger partial charge on any atom is 0.333 e. The van der Waals surface area contributed by atoms with Crippen molar-refractivity contribution in [3.8, 4) is 45.3 Å². The van der Waals surface area contributed by atoms with Crippen LogP contribution in [-0.4, -0.2) is 6.85 Å². The summed E-state index contributed by atoms with van der Waals surface area (Å²) in [7, 11) is 0. The fraction of sp³-hybridized carbons (Fsp3) is 0.226. The molecule has 13 rings (SSSR count). The lowest BCUT2D eigenvalue weighted by Crippen LogP contribution is -2.61. The molecule has 0 spiro atoms. The Morgan fingerprint density at radius 3 is 1.96 bits per heavy atom. The summed E-state index contributed by atoms with van der Waals surface area (Å²) in [6, 6.07) is 53.5. The minimum Gasteiger partial charge on any atom is -0.454 e. The molecule has 334 valence electrons. The molecule has 0 saturated heterocycles. The van der Waals surface area contributed by atoms with Crippen LogP contribution in [-0.2, 0) is 16.2 Å². The van der Waals surface area contributed by atoms with Crippen molar-refractivity contribution in [1.82, 2.24) is 0 Å². The Balaban J connectivity index is 1.18. The molecule has 1 aliphatic carbocycles. The molecule has 9 aromatic rings. The number of nitrogens with zero attached hydrogens (tertiary/aromatic N) is 2. The van der Waals surface area contributed by atoms with E-state index in [4.69, 9.17) is 13.9 Å². The third kappa shape index (κ3) is 5.95. The molecule has 0 unspecified atom stereocenters. The molecule has 0 bridgehead atoms. The van der Waals surface area contributed by atoms with Crippen molar-refractivity contribution in [1.29, 1.82) is 0 Å². The first-order valence-corrected chi connectivity index (χ1v) is 24.3. The fourth-order valence-corrected chi connectivity index (χ4v) is 11.9. The maximum absolute atomic E-state index is 7.13. The highest BCUT2D eigenvalue weighted by Crippen LogP contribution is 2.56. The van der Waals surface area contributed by atoms with Gasteiger partial charge in [0.2, 0.25) is 0 Å². The van der Waals surface area contributed by atoms with Crippen molar-refractivity contribution >= 4 is 68.1 Å². The third-order valence-electron chi connectivity index (χ3n) is 15.7. The largest absolute Gasteiger partial charge is 0.454 e. The van der Waals surface area contributed by atoms with Crippen LogP contribution in [0.1, 0.15) is 89.1 Å². The second-order valence-corrected chi connectivity index (χ2v) is 22.1. The summed E-state index contributed by atoms with van der Waals surface area (Å²) in [6.45, 7) is 20.8. The molecule has 0 amide bonds. The number of para-hydroxylation sites is 3. The van der Waals surface area contributed by atoms with Crippen LogP contribution >= 0.6 is 0 Å². The van der Waals surface area contributed by atoms with Gasteiger partial charge < -0.3 is 23.6 Å². The van der Waals surface area contributed by atoms with Crippen molar-refractivity contribution in [3.05, 3.63) is 173 Å². The summed E-state index contributed by atoms with van der Waals surface area (Å²) in [6.07, 6.45) is 2.29. The van der Waals surface area contributed by atoms with Crippen molar-refractivity contribution < 1.29 is 13.9 Å². The topological polar surface area (TPSA) is 38.1 Å².